The quantitative estimate of drug-likeness (QED) is 0.698. The average Bonchev–Trinajstić information content (AvgIpc) is 2.15. The molecule has 0 aromatic carbocycles. The van der Waals surface area contributed by atoms with Gasteiger partial charge in [0.15, 0.2) is 0 Å². The standard InChI is InChI=1S/C10H19NO3S/c1-10(2,3)14-9(12)11-4-5-13-8(6-11)7-15/h8,15H,4-7H2,1-3H3/t8-/m1/s1. The van der Waals surface area contributed by atoms with Crippen LogP contribution in [0.25, 0.3) is 0 Å². The van der Waals surface area contributed by atoms with Gasteiger partial charge in [-0.25, -0.2) is 4.79 Å². The number of nitrogens with zero attached hydrogens (tertiary/aromatic N) is 1. The lowest BCUT2D eigenvalue weighted by Gasteiger charge is -2.33. The molecular formula is C10H19NO3S. The fraction of sp³-hybridized carbons (Fsp3) is 0.900. The van der Waals surface area contributed by atoms with E-state index in [0.717, 1.165) is 0 Å². The molecule has 1 heterocycles. The maximum absolute atomic E-state index is 11.7. The Hall–Kier alpha value is -0.420. The molecule has 0 aromatic heterocycles. The minimum absolute atomic E-state index is 0.0228. The molecule has 0 radical (unpaired) electrons. The van der Waals surface area contributed by atoms with Gasteiger partial charge in [-0.2, -0.15) is 12.6 Å². The molecule has 1 atom stereocenters. The number of thiol groups is 1. The monoisotopic (exact) mass is 233 g/mol. The van der Waals surface area contributed by atoms with Crippen molar-refractivity contribution in [2.75, 3.05) is 25.4 Å². The Kier molecular flexibility index (Phi) is 4.28. The first-order valence-electron chi connectivity index (χ1n) is 5.13. The molecule has 1 saturated heterocycles. The Balaban J connectivity index is 2.45. The van der Waals surface area contributed by atoms with Crippen LogP contribution in [-0.4, -0.2) is 48.1 Å². The fourth-order valence-electron chi connectivity index (χ4n) is 1.32. The largest absolute Gasteiger partial charge is 0.444 e. The normalized spacial score (nSPS) is 22.7. The topological polar surface area (TPSA) is 38.8 Å². The third-order valence-electron chi connectivity index (χ3n) is 1.99. The number of hydrogen-bond acceptors (Lipinski definition) is 4. The van der Waals surface area contributed by atoms with E-state index in [1.807, 2.05) is 20.8 Å². The van der Waals surface area contributed by atoms with Gasteiger partial charge in [-0.3, -0.25) is 0 Å². The Morgan fingerprint density at radius 2 is 2.27 bits per heavy atom. The highest BCUT2D eigenvalue weighted by Gasteiger charge is 2.27. The Morgan fingerprint density at radius 1 is 1.60 bits per heavy atom. The summed E-state index contributed by atoms with van der Waals surface area (Å²) in [4.78, 5) is 13.4. The van der Waals surface area contributed by atoms with Gasteiger partial charge in [-0.05, 0) is 20.8 Å². The van der Waals surface area contributed by atoms with E-state index in [-0.39, 0.29) is 12.2 Å². The highest BCUT2D eigenvalue weighted by atomic mass is 32.1. The second-order valence-electron chi connectivity index (χ2n) is 4.60. The summed E-state index contributed by atoms with van der Waals surface area (Å²) in [5.41, 5.74) is -0.439. The molecule has 0 aromatic rings. The van der Waals surface area contributed by atoms with Crippen LogP contribution in [0.2, 0.25) is 0 Å². The van der Waals surface area contributed by atoms with Crippen molar-refractivity contribution in [3.05, 3.63) is 0 Å². The highest BCUT2D eigenvalue weighted by molar-refractivity contribution is 7.80. The molecule has 0 bridgehead atoms. The predicted molar refractivity (Wildman–Crippen MR) is 61.4 cm³/mol. The summed E-state index contributed by atoms with van der Waals surface area (Å²) in [5.74, 6) is 0.624. The summed E-state index contributed by atoms with van der Waals surface area (Å²) >= 11 is 4.16. The van der Waals surface area contributed by atoms with Gasteiger partial charge in [0.25, 0.3) is 0 Å². The molecule has 0 N–H and O–H groups in total. The van der Waals surface area contributed by atoms with E-state index in [2.05, 4.69) is 12.6 Å². The number of hydrogen-bond donors (Lipinski definition) is 1. The smallest absolute Gasteiger partial charge is 0.410 e. The van der Waals surface area contributed by atoms with E-state index in [4.69, 9.17) is 9.47 Å². The van der Waals surface area contributed by atoms with Crippen molar-refractivity contribution < 1.29 is 14.3 Å². The molecule has 5 heteroatoms. The molecule has 15 heavy (non-hydrogen) atoms. The summed E-state index contributed by atoms with van der Waals surface area (Å²) < 4.78 is 10.7. The summed E-state index contributed by atoms with van der Waals surface area (Å²) in [5, 5.41) is 0. The first-order valence-corrected chi connectivity index (χ1v) is 5.76. The van der Waals surface area contributed by atoms with E-state index in [0.29, 0.717) is 25.4 Å². The minimum Gasteiger partial charge on any atom is -0.444 e. The molecule has 1 aliphatic heterocycles. The molecule has 0 unspecified atom stereocenters. The van der Waals surface area contributed by atoms with E-state index < -0.39 is 5.60 Å². The van der Waals surface area contributed by atoms with E-state index >= 15 is 0 Å². The van der Waals surface area contributed by atoms with Crippen LogP contribution in [0.15, 0.2) is 0 Å². The Bertz CT molecular complexity index is 227. The van der Waals surface area contributed by atoms with Crippen LogP contribution in [0.4, 0.5) is 4.79 Å². The number of rotatable bonds is 1. The van der Waals surface area contributed by atoms with Crippen LogP contribution in [0.1, 0.15) is 20.8 Å². The van der Waals surface area contributed by atoms with E-state index in [1.165, 1.54) is 0 Å². The van der Waals surface area contributed by atoms with Crippen molar-refractivity contribution in [2.24, 2.45) is 0 Å². The average molecular weight is 233 g/mol. The van der Waals surface area contributed by atoms with Crippen molar-refractivity contribution in [2.45, 2.75) is 32.5 Å². The molecule has 1 rings (SSSR count). The lowest BCUT2D eigenvalue weighted by atomic mass is 10.2. The van der Waals surface area contributed by atoms with E-state index in [9.17, 15) is 4.79 Å². The van der Waals surface area contributed by atoms with Crippen LogP contribution < -0.4 is 0 Å². The molecule has 0 saturated carbocycles. The number of morpholine rings is 1. The molecule has 1 aliphatic rings. The summed E-state index contributed by atoms with van der Waals surface area (Å²) in [6, 6.07) is 0. The lowest BCUT2D eigenvalue weighted by molar-refractivity contribution is -0.0336. The van der Waals surface area contributed by atoms with Gasteiger partial charge in [0.2, 0.25) is 0 Å². The van der Waals surface area contributed by atoms with Crippen molar-refractivity contribution in [1.29, 1.82) is 0 Å². The first kappa shape index (κ1) is 12.6. The number of carbonyl (C=O) groups excluding carboxylic acids is 1. The van der Waals surface area contributed by atoms with Crippen molar-refractivity contribution >= 4 is 18.7 Å². The minimum atomic E-state index is -0.439. The summed E-state index contributed by atoms with van der Waals surface area (Å²) in [7, 11) is 0. The number of amides is 1. The Morgan fingerprint density at radius 3 is 2.80 bits per heavy atom. The maximum atomic E-state index is 11.7. The van der Waals surface area contributed by atoms with Gasteiger partial charge in [0.05, 0.1) is 19.3 Å². The van der Waals surface area contributed by atoms with Crippen LogP contribution in [0.5, 0.6) is 0 Å². The third kappa shape index (κ3) is 4.30. The number of carbonyl (C=O) groups is 1. The lowest BCUT2D eigenvalue weighted by Crippen LogP contribution is -2.48. The molecule has 0 aliphatic carbocycles. The summed E-state index contributed by atoms with van der Waals surface area (Å²) in [6.45, 7) is 7.31. The van der Waals surface area contributed by atoms with Crippen LogP contribution in [-0.2, 0) is 9.47 Å². The second kappa shape index (κ2) is 5.07. The van der Waals surface area contributed by atoms with Gasteiger partial charge >= 0.3 is 6.09 Å². The first-order chi connectivity index (χ1) is 6.92. The molecule has 88 valence electrons. The SMILES string of the molecule is CC(C)(C)OC(=O)N1CCO[C@@H](CS)C1. The number of ether oxygens (including phenoxy) is 2. The van der Waals surface area contributed by atoms with Gasteiger partial charge in [0, 0.05) is 12.3 Å². The highest BCUT2D eigenvalue weighted by Crippen LogP contribution is 2.13. The predicted octanol–water partition coefficient (Wildman–Crippen LogP) is 1.55. The van der Waals surface area contributed by atoms with E-state index in [1.54, 1.807) is 4.90 Å². The molecule has 4 nitrogen and oxygen atoms in total. The zero-order valence-electron chi connectivity index (χ0n) is 9.52. The van der Waals surface area contributed by atoms with Crippen molar-refractivity contribution in [1.82, 2.24) is 4.90 Å². The van der Waals surface area contributed by atoms with Crippen molar-refractivity contribution in [3.63, 3.8) is 0 Å². The van der Waals surface area contributed by atoms with Crippen LogP contribution in [0, 0.1) is 0 Å². The van der Waals surface area contributed by atoms with Gasteiger partial charge in [-0.15, -0.1) is 0 Å². The molecule has 1 fully saturated rings. The van der Waals surface area contributed by atoms with Crippen molar-refractivity contribution in [3.8, 4) is 0 Å². The van der Waals surface area contributed by atoms with Gasteiger partial charge in [0.1, 0.15) is 5.60 Å². The van der Waals surface area contributed by atoms with Gasteiger partial charge < -0.3 is 14.4 Å². The molecular weight excluding hydrogens is 214 g/mol. The molecule has 1 amide bonds. The zero-order chi connectivity index (χ0) is 11.5. The fourth-order valence-corrected chi connectivity index (χ4v) is 1.54. The third-order valence-corrected chi connectivity index (χ3v) is 2.40. The van der Waals surface area contributed by atoms with Crippen LogP contribution in [0.3, 0.4) is 0 Å². The second-order valence-corrected chi connectivity index (χ2v) is 4.97. The summed E-state index contributed by atoms with van der Waals surface area (Å²) in [6.07, 6.45) is -0.243. The Labute approximate surface area is 96.3 Å². The van der Waals surface area contributed by atoms with Crippen LogP contribution >= 0.6 is 12.6 Å². The van der Waals surface area contributed by atoms with Gasteiger partial charge in [-0.1, -0.05) is 0 Å². The zero-order valence-corrected chi connectivity index (χ0v) is 10.4. The maximum Gasteiger partial charge on any atom is 0.410 e. The molecule has 0 spiro atoms.